The van der Waals surface area contributed by atoms with Crippen LogP contribution >= 0.6 is 0 Å². The lowest BCUT2D eigenvalue weighted by Crippen LogP contribution is -2.30. The summed E-state index contributed by atoms with van der Waals surface area (Å²) in [4.78, 5) is 37.6. The Bertz CT molecular complexity index is 768. The lowest BCUT2D eigenvalue weighted by molar-refractivity contribution is -0.167. The van der Waals surface area contributed by atoms with E-state index in [0.717, 1.165) is 63.7 Å². The second-order valence-corrected chi connectivity index (χ2v) is 15.6. The summed E-state index contributed by atoms with van der Waals surface area (Å²) in [6.07, 6.45) is 38.0. The normalized spacial score (nSPS) is 12.5. The number of rotatable bonds is 40. The Morgan fingerprint density at radius 3 is 1.02 bits per heavy atom. The van der Waals surface area contributed by atoms with Crippen molar-refractivity contribution in [1.82, 2.24) is 0 Å². The van der Waals surface area contributed by atoms with E-state index in [1.165, 1.54) is 141 Å². The molecule has 0 spiro atoms. The number of hydrogen-bond acceptors (Lipinski definition) is 6. The minimum Gasteiger partial charge on any atom is -0.462 e. The molecule has 0 aliphatic rings. The topological polar surface area (TPSA) is 78.9 Å². The molecule has 0 fully saturated rings. The molecule has 1 unspecified atom stereocenters. The summed E-state index contributed by atoms with van der Waals surface area (Å²) in [6.45, 7) is 8.95. The van der Waals surface area contributed by atoms with E-state index in [9.17, 15) is 14.4 Å². The predicted octanol–water partition coefficient (Wildman–Crippen LogP) is 13.9. The molecule has 0 radical (unpaired) electrons. The minimum atomic E-state index is -0.759. The van der Waals surface area contributed by atoms with Crippen molar-refractivity contribution in [3.8, 4) is 0 Å². The van der Waals surface area contributed by atoms with Crippen LogP contribution in [0.4, 0.5) is 0 Å². The fourth-order valence-electron chi connectivity index (χ4n) is 6.59. The SMILES string of the molecule is CCCCCCCCCCCCCCC(=O)OC[C@@H](COC(=O)CCCCCCCCCCCCC)OC(=O)CCCCCCCCC(C)CC. The molecule has 0 aromatic heterocycles. The lowest BCUT2D eigenvalue weighted by atomic mass is 10.00. The molecule has 0 N–H and O–H groups in total. The van der Waals surface area contributed by atoms with E-state index >= 15 is 0 Å². The van der Waals surface area contributed by atoms with E-state index in [2.05, 4.69) is 27.7 Å². The molecular formula is C45H86O6. The van der Waals surface area contributed by atoms with Gasteiger partial charge in [0.1, 0.15) is 13.2 Å². The number of ether oxygens (including phenoxy) is 3. The van der Waals surface area contributed by atoms with Gasteiger partial charge in [-0.1, -0.05) is 207 Å². The van der Waals surface area contributed by atoms with Crippen molar-refractivity contribution in [3.05, 3.63) is 0 Å². The lowest BCUT2D eigenvalue weighted by Gasteiger charge is -2.18. The molecule has 6 nitrogen and oxygen atoms in total. The Labute approximate surface area is 317 Å². The van der Waals surface area contributed by atoms with Crippen molar-refractivity contribution >= 4 is 17.9 Å². The highest BCUT2D eigenvalue weighted by atomic mass is 16.6. The van der Waals surface area contributed by atoms with E-state index in [1.807, 2.05) is 0 Å². The summed E-state index contributed by atoms with van der Waals surface area (Å²) < 4.78 is 16.7. The molecule has 0 bridgehead atoms. The molecule has 0 aliphatic heterocycles. The molecular weight excluding hydrogens is 636 g/mol. The molecule has 51 heavy (non-hydrogen) atoms. The van der Waals surface area contributed by atoms with Crippen LogP contribution in [0.15, 0.2) is 0 Å². The van der Waals surface area contributed by atoms with Gasteiger partial charge in [0.25, 0.3) is 0 Å². The second-order valence-electron chi connectivity index (χ2n) is 15.6. The third-order valence-electron chi connectivity index (χ3n) is 10.4. The molecule has 0 aromatic rings. The van der Waals surface area contributed by atoms with Gasteiger partial charge in [-0.15, -0.1) is 0 Å². The molecule has 0 amide bonds. The monoisotopic (exact) mass is 723 g/mol. The maximum atomic E-state index is 12.7. The average molecular weight is 723 g/mol. The van der Waals surface area contributed by atoms with Crippen LogP contribution in [0.3, 0.4) is 0 Å². The van der Waals surface area contributed by atoms with E-state index in [1.54, 1.807) is 0 Å². The van der Waals surface area contributed by atoms with Crippen LogP contribution in [0.5, 0.6) is 0 Å². The summed E-state index contributed by atoms with van der Waals surface area (Å²) in [7, 11) is 0. The first-order valence-corrected chi connectivity index (χ1v) is 22.4. The van der Waals surface area contributed by atoms with Gasteiger partial charge in [0.2, 0.25) is 0 Å². The molecule has 0 saturated carbocycles. The number of carbonyl (C=O) groups excluding carboxylic acids is 3. The van der Waals surface area contributed by atoms with Crippen LogP contribution in [-0.2, 0) is 28.6 Å². The third-order valence-corrected chi connectivity index (χ3v) is 10.4. The zero-order chi connectivity index (χ0) is 37.5. The second kappa shape index (κ2) is 39.6. The first kappa shape index (κ1) is 49.4. The maximum absolute atomic E-state index is 12.7. The van der Waals surface area contributed by atoms with Crippen LogP contribution < -0.4 is 0 Å². The van der Waals surface area contributed by atoms with Crippen LogP contribution in [0.2, 0.25) is 0 Å². The number of unbranched alkanes of at least 4 members (excludes halogenated alkanes) is 26. The van der Waals surface area contributed by atoms with Crippen LogP contribution in [0.25, 0.3) is 0 Å². The van der Waals surface area contributed by atoms with Gasteiger partial charge in [0.05, 0.1) is 0 Å². The molecule has 2 atom stereocenters. The first-order chi connectivity index (χ1) is 24.9. The van der Waals surface area contributed by atoms with Gasteiger partial charge in [-0.2, -0.15) is 0 Å². The Morgan fingerprint density at radius 2 is 0.686 bits per heavy atom. The molecule has 6 heteroatoms. The first-order valence-electron chi connectivity index (χ1n) is 22.4. The number of hydrogen-bond donors (Lipinski definition) is 0. The smallest absolute Gasteiger partial charge is 0.306 e. The molecule has 302 valence electrons. The molecule has 0 aromatic carbocycles. The van der Waals surface area contributed by atoms with Gasteiger partial charge in [0.15, 0.2) is 6.10 Å². The van der Waals surface area contributed by atoms with Crippen molar-refractivity contribution < 1.29 is 28.6 Å². The molecule has 0 aliphatic carbocycles. The molecule has 0 rings (SSSR count). The van der Waals surface area contributed by atoms with Crippen molar-refractivity contribution in [2.75, 3.05) is 13.2 Å². The van der Waals surface area contributed by atoms with Gasteiger partial charge in [0, 0.05) is 19.3 Å². The fraction of sp³-hybridized carbons (Fsp3) is 0.933. The Balaban J connectivity index is 4.34. The Morgan fingerprint density at radius 1 is 0.392 bits per heavy atom. The van der Waals surface area contributed by atoms with Crippen molar-refractivity contribution in [3.63, 3.8) is 0 Å². The van der Waals surface area contributed by atoms with Gasteiger partial charge < -0.3 is 14.2 Å². The van der Waals surface area contributed by atoms with E-state index in [-0.39, 0.29) is 31.1 Å². The standard InChI is InChI=1S/C45H86O6/c1-5-8-10-12-14-16-18-20-22-24-29-33-37-44(47)50-40-42(51-45(48)38-34-30-26-25-27-31-35-41(4)7-3)39-49-43(46)36-32-28-23-21-19-17-15-13-11-9-6-2/h41-42H,5-40H2,1-4H3/t41?,42-/m1/s1. The third kappa shape index (κ3) is 38.0. The van der Waals surface area contributed by atoms with Crippen molar-refractivity contribution in [1.29, 1.82) is 0 Å². The largest absolute Gasteiger partial charge is 0.462 e. The van der Waals surface area contributed by atoms with Crippen LogP contribution in [0.1, 0.15) is 246 Å². The predicted molar refractivity (Wildman–Crippen MR) is 215 cm³/mol. The Kier molecular flexibility index (Phi) is 38.4. The molecule has 0 heterocycles. The zero-order valence-corrected chi connectivity index (χ0v) is 34.6. The maximum Gasteiger partial charge on any atom is 0.306 e. The summed E-state index contributed by atoms with van der Waals surface area (Å²) in [5.41, 5.74) is 0. The van der Waals surface area contributed by atoms with Crippen LogP contribution in [0, 0.1) is 5.92 Å². The van der Waals surface area contributed by atoms with Gasteiger partial charge in [-0.25, -0.2) is 0 Å². The van der Waals surface area contributed by atoms with Crippen molar-refractivity contribution in [2.24, 2.45) is 5.92 Å². The quantitative estimate of drug-likeness (QED) is 0.0356. The summed E-state index contributed by atoms with van der Waals surface area (Å²) in [5.74, 6) is -0.0489. The summed E-state index contributed by atoms with van der Waals surface area (Å²) >= 11 is 0. The fourth-order valence-corrected chi connectivity index (χ4v) is 6.59. The Hall–Kier alpha value is -1.59. The van der Waals surface area contributed by atoms with Gasteiger partial charge >= 0.3 is 17.9 Å². The van der Waals surface area contributed by atoms with E-state index < -0.39 is 6.10 Å². The van der Waals surface area contributed by atoms with Crippen LogP contribution in [-0.4, -0.2) is 37.2 Å². The number of esters is 3. The van der Waals surface area contributed by atoms with E-state index in [4.69, 9.17) is 14.2 Å². The van der Waals surface area contributed by atoms with Gasteiger partial charge in [-0.05, 0) is 25.2 Å². The highest BCUT2D eigenvalue weighted by Crippen LogP contribution is 2.16. The minimum absolute atomic E-state index is 0.0647. The average Bonchev–Trinajstić information content (AvgIpc) is 3.13. The highest BCUT2D eigenvalue weighted by Gasteiger charge is 2.19. The van der Waals surface area contributed by atoms with Gasteiger partial charge in [-0.3, -0.25) is 14.4 Å². The van der Waals surface area contributed by atoms with Crippen molar-refractivity contribution in [2.45, 2.75) is 252 Å². The summed E-state index contributed by atoms with van der Waals surface area (Å²) in [5, 5.41) is 0. The number of carbonyl (C=O) groups is 3. The highest BCUT2D eigenvalue weighted by molar-refractivity contribution is 5.71. The van der Waals surface area contributed by atoms with E-state index in [0.29, 0.717) is 19.3 Å². The zero-order valence-electron chi connectivity index (χ0n) is 34.6. The molecule has 0 saturated heterocycles. The summed E-state index contributed by atoms with van der Waals surface area (Å²) in [6, 6.07) is 0.